The Balaban J connectivity index is 4.70. The van der Waals surface area contributed by atoms with Crippen LogP contribution >= 0.6 is 15.9 Å². The van der Waals surface area contributed by atoms with Crippen molar-refractivity contribution in [2.24, 2.45) is 0 Å². The quantitative estimate of drug-likeness (QED) is 0.584. The summed E-state index contributed by atoms with van der Waals surface area (Å²) in [6, 6.07) is -0.145. The maximum Gasteiger partial charge on any atom is 0.389 e. The Kier molecular flexibility index (Phi) is 8.54. The van der Waals surface area contributed by atoms with E-state index in [4.69, 9.17) is 0 Å². The molecular formula is C11H21BrF3NO2S. The lowest BCUT2D eigenvalue weighted by Crippen LogP contribution is -2.42. The summed E-state index contributed by atoms with van der Waals surface area (Å²) >= 11 is 3.18. The molecule has 0 saturated heterocycles. The number of hydrogen-bond donors (Lipinski definition) is 0. The van der Waals surface area contributed by atoms with Crippen LogP contribution in [0.4, 0.5) is 13.2 Å². The van der Waals surface area contributed by atoms with Gasteiger partial charge in [-0.05, 0) is 19.3 Å². The van der Waals surface area contributed by atoms with E-state index < -0.39 is 28.4 Å². The SMILES string of the molecule is CCC(CC)N(CCBr)S(=O)(=O)CCCC(F)(F)F. The molecular weight excluding hydrogens is 347 g/mol. The van der Waals surface area contributed by atoms with Gasteiger partial charge in [0.15, 0.2) is 0 Å². The van der Waals surface area contributed by atoms with Gasteiger partial charge in [-0.2, -0.15) is 17.5 Å². The first kappa shape index (κ1) is 19.2. The van der Waals surface area contributed by atoms with Crippen LogP contribution in [0.25, 0.3) is 0 Å². The minimum absolute atomic E-state index is 0.145. The predicted octanol–water partition coefficient (Wildman–Crippen LogP) is 3.54. The summed E-state index contributed by atoms with van der Waals surface area (Å²) in [5, 5.41) is 0.474. The van der Waals surface area contributed by atoms with Gasteiger partial charge in [-0.1, -0.05) is 29.8 Å². The number of hydrogen-bond acceptors (Lipinski definition) is 2. The van der Waals surface area contributed by atoms with Crippen molar-refractivity contribution in [1.29, 1.82) is 0 Å². The van der Waals surface area contributed by atoms with E-state index in [1.54, 1.807) is 0 Å². The van der Waals surface area contributed by atoms with Crippen molar-refractivity contribution in [1.82, 2.24) is 4.31 Å². The monoisotopic (exact) mass is 367 g/mol. The lowest BCUT2D eigenvalue weighted by atomic mass is 10.2. The topological polar surface area (TPSA) is 37.4 Å². The maximum absolute atomic E-state index is 12.1. The van der Waals surface area contributed by atoms with Crippen molar-refractivity contribution in [2.45, 2.75) is 51.7 Å². The zero-order valence-corrected chi connectivity index (χ0v) is 13.6. The first-order valence-corrected chi connectivity index (χ1v) is 9.03. The Hall–Kier alpha value is 0.180. The third kappa shape index (κ3) is 7.51. The molecule has 0 unspecified atom stereocenters. The summed E-state index contributed by atoms with van der Waals surface area (Å²) in [5.74, 6) is -0.448. The molecule has 0 aromatic rings. The van der Waals surface area contributed by atoms with Gasteiger partial charge in [0.2, 0.25) is 10.0 Å². The second-order valence-electron chi connectivity index (χ2n) is 4.30. The Morgan fingerprint density at radius 2 is 1.74 bits per heavy atom. The molecule has 0 amide bonds. The van der Waals surface area contributed by atoms with Crippen molar-refractivity contribution < 1.29 is 21.6 Å². The van der Waals surface area contributed by atoms with Crippen LogP contribution in [0.5, 0.6) is 0 Å². The predicted molar refractivity (Wildman–Crippen MR) is 73.9 cm³/mol. The lowest BCUT2D eigenvalue weighted by Gasteiger charge is -2.29. The molecule has 19 heavy (non-hydrogen) atoms. The van der Waals surface area contributed by atoms with Gasteiger partial charge < -0.3 is 0 Å². The van der Waals surface area contributed by atoms with E-state index in [9.17, 15) is 21.6 Å². The van der Waals surface area contributed by atoms with Crippen molar-refractivity contribution in [3.05, 3.63) is 0 Å². The van der Waals surface area contributed by atoms with E-state index in [1.165, 1.54) is 4.31 Å². The van der Waals surface area contributed by atoms with Gasteiger partial charge in [0.1, 0.15) is 0 Å². The smallest absolute Gasteiger partial charge is 0.212 e. The molecule has 0 atom stereocenters. The van der Waals surface area contributed by atoms with Gasteiger partial charge in [-0.3, -0.25) is 0 Å². The Bertz CT molecular complexity index is 342. The molecule has 116 valence electrons. The van der Waals surface area contributed by atoms with Crippen LogP contribution in [0.3, 0.4) is 0 Å². The first-order chi connectivity index (χ1) is 8.68. The van der Waals surface area contributed by atoms with E-state index >= 15 is 0 Å². The lowest BCUT2D eigenvalue weighted by molar-refractivity contribution is -0.134. The fraction of sp³-hybridized carbons (Fsp3) is 1.00. The number of rotatable bonds is 9. The van der Waals surface area contributed by atoms with Gasteiger partial charge in [0.25, 0.3) is 0 Å². The molecule has 0 bridgehead atoms. The Morgan fingerprint density at radius 1 is 1.21 bits per heavy atom. The van der Waals surface area contributed by atoms with E-state index in [1.807, 2.05) is 13.8 Å². The van der Waals surface area contributed by atoms with Crippen molar-refractivity contribution in [3.63, 3.8) is 0 Å². The molecule has 0 aromatic heterocycles. The Morgan fingerprint density at radius 3 is 2.11 bits per heavy atom. The zero-order chi connectivity index (χ0) is 15.1. The van der Waals surface area contributed by atoms with Crippen LogP contribution in [0.1, 0.15) is 39.5 Å². The highest BCUT2D eigenvalue weighted by Gasteiger charge is 2.31. The van der Waals surface area contributed by atoms with Gasteiger partial charge in [0.05, 0.1) is 5.75 Å². The molecule has 8 heteroatoms. The third-order valence-corrected chi connectivity index (χ3v) is 5.23. The average Bonchev–Trinajstić information content (AvgIpc) is 2.27. The summed E-state index contributed by atoms with van der Waals surface area (Å²) in [6.07, 6.45) is -4.43. The highest BCUT2D eigenvalue weighted by Crippen LogP contribution is 2.23. The second-order valence-corrected chi connectivity index (χ2v) is 7.14. The highest BCUT2D eigenvalue weighted by molar-refractivity contribution is 9.09. The van der Waals surface area contributed by atoms with Gasteiger partial charge >= 0.3 is 6.18 Å². The van der Waals surface area contributed by atoms with Crippen LogP contribution < -0.4 is 0 Å². The van der Waals surface area contributed by atoms with Gasteiger partial charge in [0, 0.05) is 24.3 Å². The molecule has 0 spiro atoms. The third-order valence-electron chi connectivity index (χ3n) is 2.87. The number of halogens is 4. The van der Waals surface area contributed by atoms with Crippen molar-refractivity contribution >= 4 is 26.0 Å². The molecule has 0 aromatic carbocycles. The van der Waals surface area contributed by atoms with E-state index in [0.717, 1.165) is 0 Å². The van der Waals surface area contributed by atoms with Crippen molar-refractivity contribution in [2.75, 3.05) is 17.6 Å². The fourth-order valence-corrected chi connectivity index (χ4v) is 4.38. The fourth-order valence-electron chi connectivity index (χ4n) is 1.90. The molecule has 0 rings (SSSR count). The minimum atomic E-state index is -4.30. The first-order valence-electron chi connectivity index (χ1n) is 6.30. The summed E-state index contributed by atoms with van der Waals surface area (Å²) in [4.78, 5) is 0. The van der Waals surface area contributed by atoms with Crippen LogP contribution in [0.2, 0.25) is 0 Å². The molecule has 0 radical (unpaired) electrons. The molecule has 0 aliphatic rings. The van der Waals surface area contributed by atoms with Crippen LogP contribution in [0, 0.1) is 0 Å². The average molecular weight is 368 g/mol. The van der Waals surface area contributed by atoms with E-state index in [2.05, 4.69) is 15.9 Å². The molecule has 0 saturated carbocycles. The standard InChI is InChI=1S/C11H21BrF3NO2S/c1-3-10(4-2)16(8-7-12)19(17,18)9-5-6-11(13,14)15/h10H,3-9H2,1-2H3. The van der Waals surface area contributed by atoms with Crippen molar-refractivity contribution in [3.8, 4) is 0 Å². The molecule has 0 fully saturated rings. The van der Waals surface area contributed by atoms with Crippen LogP contribution in [0.15, 0.2) is 0 Å². The van der Waals surface area contributed by atoms with Gasteiger partial charge in [-0.25, -0.2) is 8.42 Å². The number of nitrogens with zero attached hydrogens (tertiary/aromatic N) is 1. The normalized spacial score (nSPS) is 13.5. The molecule has 0 heterocycles. The molecule has 0 aliphatic carbocycles. The molecule has 0 N–H and O–H groups in total. The number of alkyl halides is 4. The minimum Gasteiger partial charge on any atom is -0.212 e. The summed E-state index contributed by atoms with van der Waals surface area (Å²) < 4.78 is 61.7. The summed E-state index contributed by atoms with van der Waals surface area (Å²) in [5.41, 5.74) is 0. The second kappa shape index (κ2) is 8.46. The van der Waals surface area contributed by atoms with E-state index in [0.29, 0.717) is 24.7 Å². The highest BCUT2D eigenvalue weighted by atomic mass is 79.9. The van der Waals surface area contributed by atoms with Crippen LogP contribution in [-0.2, 0) is 10.0 Å². The largest absolute Gasteiger partial charge is 0.389 e. The molecule has 3 nitrogen and oxygen atoms in total. The summed E-state index contributed by atoms with van der Waals surface area (Å²) in [7, 11) is -3.63. The molecule has 0 aliphatic heterocycles. The zero-order valence-electron chi connectivity index (χ0n) is 11.2. The number of sulfonamides is 1. The maximum atomic E-state index is 12.1. The summed E-state index contributed by atoms with van der Waals surface area (Å²) in [6.45, 7) is 4.04. The Labute approximate surface area is 121 Å². The van der Waals surface area contributed by atoms with Crippen LogP contribution in [-0.4, -0.2) is 42.6 Å². The van der Waals surface area contributed by atoms with Gasteiger partial charge in [-0.15, -0.1) is 0 Å². The van der Waals surface area contributed by atoms with E-state index in [-0.39, 0.29) is 12.5 Å².